The van der Waals surface area contributed by atoms with Gasteiger partial charge in [-0.25, -0.2) is 0 Å². The molecule has 2 heterocycles. The third-order valence-corrected chi connectivity index (χ3v) is 11.4. The highest BCUT2D eigenvalue weighted by Crippen LogP contribution is 2.66. The normalized spacial score (nSPS) is 27.6. The first-order chi connectivity index (χ1) is 21.3. The lowest BCUT2D eigenvalue weighted by atomic mass is 9.70. The number of Topliss-reactive ketones (excluding diaryl/α,β-unsaturated/α-hetero) is 1. The number of aromatic nitrogens is 1. The van der Waals surface area contributed by atoms with Crippen LogP contribution in [0.5, 0.6) is 0 Å². The van der Waals surface area contributed by atoms with Crippen molar-refractivity contribution in [3.05, 3.63) is 71.4 Å². The number of carbonyl (C=O) groups is 4. The Kier molecular flexibility index (Phi) is 7.88. The fourth-order valence-corrected chi connectivity index (χ4v) is 8.23. The van der Waals surface area contributed by atoms with Gasteiger partial charge >= 0.3 is 0 Å². The van der Waals surface area contributed by atoms with Crippen molar-refractivity contribution in [1.29, 1.82) is 0 Å². The van der Waals surface area contributed by atoms with E-state index in [0.717, 1.165) is 40.4 Å². The van der Waals surface area contributed by atoms with Crippen LogP contribution >= 0.6 is 0 Å². The number of likely N-dealkylation sites (tertiary alicyclic amines) is 1. The number of ketones is 1. The summed E-state index contributed by atoms with van der Waals surface area (Å²) in [6.07, 6.45) is 2.80. The number of aliphatic hydroxyl groups is 1. The maximum atomic E-state index is 14.0. The van der Waals surface area contributed by atoms with Crippen molar-refractivity contribution in [1.82, 2.24) is 20.1 Å². The van der Waals surface area contributed by atoms with Gasteiger partial charge in [-0.3, -0.25) is 19.2 Å². The molecule has 0 radical (unpaired) electrons. The number of aromatic amines is 1. The van der Waals surface area contributed by atoms with Gasteiger partial charge in [0.2, 0.25) is 17.7 Å². The van der Waals surface area contributed by atoms with Gasteiger partial charge in [0.15, 0.2) is 5.78 Å². The average molecular weight is 613 g/mol. The zero-order valence-corrected chi connectivity index (χ0v) is 26.8. The van der Waals surface area contributed by atoms with E-state index in [-0.39, 0.29) is 48.3 Å². The van der Waals surface area contributed by atoms with E-state index in [0.29, 0.717) is 6.54 Å². The van der Waals surface area contributed by atoms with E-state index in [1.54, 1.807) is 11.9 Å². The molecule has 2 bridgehead atoms. The van der Waals surface area contributed by atoms with E-state index in [1.165, 1.54) is 4.90 Å². The number of benzene rings is 2. The van der Waals surface area contributed by atoms with Crippen LogP contribution in [0.1, 0.15) is 56.7 Å². The van der Waals surface area contributed by atoms with Crippen LogP contribution in [0, 0.1) is 29.6 Å². The van der Waals surface area contributed by atoms with Gasteiger partial charge < -0.3 is 25.2 Å². The number of fused-ring (bicyclic) bond motifs is 3. The predicted molar refractivity (Wildman–Crippen MR) is 171 cm³/mol. The maximum absolute atomic E-state index is 14.0. The first-order valence-electron chi connectivity index (χ1n) is 16.0. The third kappa shape index (κ3) is 5.15. The Morgan fingerprint density at radius 1 is 1.09 bits per heavy atom. The van der Waals surface area contributed by atoms with Crippen molar-refractivity contribution in [2.75, 3.05) is 13.6 Å². The molecule has 6 unspecified atom stereocenters. The number of amides is 3. The van der Waals surface area contributed by atoms with Crippen LogP contribution in [0.2, 0.25) is 0 Å². The van der Waals surface area contributed by atoms with Gasteiger partial charge in [-0.1, -0.05) is 63.2 Å². The van der Waals surface area contributed by atoms with E-state index >= 15 is 0 Å². The van der Waals surface area contributed by atoms with Crippen LogP contribution in [0.3, 0.4) is 0 Å². The summed E-state index contributed by atoms with van der Waals surface area (Å²) in [5.74, 6) is -2.11. The summed E-state index contributed by atoms with van der Waals surface area (Å²) < 4.78 is 0. The second kappa shape index (κ2) is 11.4. The van der Waals surface area contributed by atoms with Gasteiger partial charge in [0.05, 0.1) is 6.10 Å². The van der Waals surface area contributed by atoms with Crippen molar-refractivity contribution in [2.24, 2.45) is 22.7 Å². The van der Waals surface area contributed by atoms with Crippen LogP contribution in [0.25, 0.3) is 10.9 Å². The molecule has 1 saturated heterocycles. The molecule has 2 aliphatic carbocycles. The summed E-state index contributed by atoms with van der Waals surface area (Å²) in [6, 6.07) is 13.8. The third-order valence-electron chi connectivity index (χ3n) is 11.4. The average Bonchev–Trinajstić information content (AvgIpc) is 3.70. The highest BCUT2D eigenvalue weighted by Gasteiger charge is 2.68. The highest BCUT2D eigenvalue weighted by atomic mass is 16.3. The number of aryl methyl sites for hydroxylation is 1. The predicted octanol–water partition coefficient (Wildman–Crippen LogP) is 3.77. The maximum Gasteiger partial charge on any atom is 0.245 e. The molecule has 238 valence electrons. The molecule has 3 N–H and O–H groups in total. The summed E-state index contributed by atoms with van der Waals surface area (Å²) in [7, 11) is 1.72. The number of aliphatic hydroxyl groups excluding tert-OH is 1. The summed E-state index contributed by atoms with van der Waals surface area (Å²) in [5.41, 5.74) is 2.99. The molecule has 3 aromatic rings. The lowest BCUT2D eigenvalue weighted by molar-refractivity contribution is -0.148. The molecule has 3 amide bonds. The largest absolute Gasteiger partial charge is 0.391 e. The Bertz CT molecular complexity index is 1660. The zero-order valence-electron chi connectivity index (χ0n) is 26.8. The number of nitrogens with zero attached hydrogens (tertiary/aromatic N) is 2. The summed E-state index contributed by atoms with van der Waals surface area (Å²) >= 11 is 0. The quantitative estimate of drug-likeness (QED) is 0.335. The number of H-pyrrole nitrogens is 1. The molecule has 3 fully saturated rings. The van der Waals surface area contributed by atoms with E-state index < -0.39 is 35.4 Å². The van der Waals surface area contributed by atoms with Crippen molar-refractivity contribution in [3.8, 4) is 0 Å². The Morgan fingerprint density at radius 2 is 1.80 bits per heavy atom. The van der Waals surface area contributed by atoms with Gasteiger partial charge in [0.1, 0.15) is 18.0 Å². The van der Waals surface area contributed by atoms with E-state index in [9.17, 15) is 24.3 Å². The highest BCUT2D eigenvalue weighted by molar-refractivity contribution is 6.08. The van der Waals surface area contributed by atoms with Crippen LogP contribution < -0.4 is 5.32 Å². The minimum atomic E-state index is -0.977. The molecule has 45 heavy (non-hydrogen) atoms. The minimum absolute atomic E-state index is 0.0151. The zero-order chi connectivity index (χ0) is 32.3. The number of hydrogen-bond donors (Lipinski definition) is 3. The van der Waals surface area contributed by atoms with Crippen molar-refractivity contribution < 1.29 is 24.3 Å². The van der Waals surface area contributed by atoms with Gasteiger partial charge in [-0.2, -0.15) is 0 Å². The minimum Gasteiger partial charge on any atom is -0.391 e. The van der Waals surface area contributed by atoms with Gasteiger partial charge in [0.25, 0.3) is 0 Å². The molecule has 1 aromatic heterocycles. The number of nitrogens with one attached hydrogen (secondary N) is 2. The SMILES string of the molecule is Cc1ccccc1CN(C)C(=O)C(Cc1c[nH]c2ccccc12)NC(=O)C1CC(O)CN1C(=O)C1C(=O)C2(C)CCC1C2(C)C. The molecule has 9 nitrogen and oxygen atoms in total. The van der Waals surface area contributed by atoms with E-state index in [1.807, 2.05) is 68.6 Å². The topological polar surface area (TPSA) is 123 Å². The molecule has 6 atom stereocenters. The lowest BCUT2D eigenvalue weighted by Gasteiger charge is -2.32. The molecule has 3 aliphatic rings. The van der Waals surface area contributed by atoms with Crippen LogP contribution in [-0.2, 0) is 32.1 Å². The number of carbonyl (C=O) groups excluding carboxylic acids is 4. The number of rotatable bonds is 8. The molecule has 9 heteroatoms. The Hall–Kier alpha value is -3.98. The Morgan fingerprint density at radius 3 is 2.51 bits per heavy atom. The van der Waals surface area contributed by atoms with Crippen LogP contribution in [-0.4, -0.2) is 75.2 Å². The molecular formula is C36H44N4O5. The smallest absolute Gasteiger partial charge is 0.245 e. The van der Waals surface area contributed by atoms with Gasteiger partial charge in [-0.15, -0.1) is 0 Å². The molecule has 0 spiro atoms. The second-order valence-corrected chi connectivity index (χ2v) is 14.2. The number of β-amino-alcohol motifs (C(OH)–C–C–N with tert-alkyl or cyclic N) is 1. The monoisotopic (exact) mass is 612 g/mol. The lowest BCUT2D eigenvalue weighted by Crippen LogP contribution is -2.55. The van der Waals surface area contributed by atoms with Gasteiger partial charge in [-0.05, 0) is 53.9 Å². The second-order valence-electron chi connectivity index (χ2n) is 14.2. The summed E-state index contributed by atoms with van der Waals surface area (Å²) in [4.78, 5) is 61.9. The number of hydrogen-bond acceptors (Lipinski definition) is 5. The van der Waals surface area contributed by atoms with Crippen LogP contribution in [0.4, 0.5) is 0 Å². The standard InChI is InChI=1S/C36H44N4O5/c1-21-10-6-7-11-22(21)19-39(5)33(44)28(16-23-18-37-27-13-9-8-12-25(23)27)38-32(43)29-17-24(41)20-40(29)34(45)30-26-14-15-36(4,31(30)42)35(26,2)3/h6-13,18,24,26,28-30,37,41H,14-17,19-20H2,1-5H3,(H,38,43). The molecular weight excluding hydrogens is 568 g/mol. The molecule has 2 saturated carbocycles. The Balaban J connectivity index is 1.25. The number of likely N-dealkylation sites (N-methyl/N-ethyl adjacent to an activating group) is 1. The summed E-state index contributed by atoms with van der Waals surface area (Å²) in [5, 5.41) is 14.6. The van der Waals surface area contributed by atoms with Crippen LogP contribution in [0.15, 0.2) is 54.7 Å². The number of para-hydroxylation sites is 1. The first kappa shape index (κ1) is 31.0. The van der Waals surface area contributed by atoms with E-state index in [4.69, 9.17) is 0 Å². The van der Waals surface area contributed by atoms with Crippen molar-refractivity contribution in [3.63, 3.8) is 0 Å². The Labute approximate surface area is 264 Å². The van der Waals surface area contributed by atoms with Crippen molar-refractivity contribution >= 4 is 34.4 Å². The van der Waals surface area contributed by atoms with Crippen molar-refractivity contribution in [2.45, 2.75) is 78.1 Å². The van der Waals surface area contributed by atoms with E-state index in [2.05, 4.69) is 24.1 Å². The molecule has 1 aliphatic heterocycles. The fraction of sp³-hybridized carbons (Fsp3) is 0.500. The summed E-state index contributed by atoms with van der Waals surface area (Å²) in [6.45, 7) is 8.44. The fourth-order valence-electron chi connectivity index (χ4n) is 8.23. The molecule has 6 rings (SSSR count). The first-order valence-corrected chi connectivity index (χ1v) is 16.0. The van der Waals surface area contributed by atoms with Gasteiger partial charge in [0, 0.05) is 55.5 Å². The molecule has 2 aromatic carbocycles.